The molecule has 0 fully saturated rings. The molecule has 3 heteroatoms. The first-order valence-electron chi connectivity index (χ1n) is 5.78. The van der Waals surface area contributed by atoms with Gasteiger partial charge in [-0.3, -0.25) is 0 Å². The lowest BCUT2D eigenvalue weighted by Gasteiger charge is -2.16. The van der Waals surface area contributed by atoms with E-state index < -0.39 is 0 Å². The Morgan fingerprint density at radius 1 is 1.67 bits per heavy atom. The van der Waals surface area contributed by atoms with Crippen molar-refractivity contribution in [2.24, 2.45) is 5.73 Å². The van der Waals surface area contributed by atoms with E-state index in [1.807, 2.05) is 0 Å². The second-order valence-electron chi connectivity index (χ2n) is 4.33. The monoisotopic (exact) mass is 225 g/mol. The average Bonchev–Trinajstić information content (AvgIpc) is 2.63. The first kappa shape index (κ1) is 11.1. The zero-order valence-corrected chi connectivity index (χ0v) is 10.0. The van der Waals surface area contributed by atoms with E-state index in [2.05, 4.69) is 13.0 Å². The average molecular weight is 225 g/mol. The summed E-state index contributed by atoms with van der Waals surface area (Å²) in [4.78, 5) is 2.61. The normalized spacial score (nSPS) is 22.5. The highest BCUT2D eigenvalue weighted by Crippen LogP contribution is 2.37. The highest BCUT2D eigenvalue weighted by atomic mass is 32.1. The van der Waals surface area contributed by atoms with Crippen LogP contribution in [0.15, 0.2) is 6.07 Å². The van der Waals surface area contributed by atoms with E-state index in [9.17, 15) is 5.11 Å². The summed E-state index contributed by atoms with van der Waals surface area (Å²) in [7, 11) is 0. The van der Waals surface area contributed by atoms with Gasteiger partial charge in [0, 0.05) is 15.8 Å². The Balaban J connectivity index is 2.21. The van der Waals surface area contributed by atoms with Crippen LogP contribution >= 0.6 is 11.3 Å². The van der Waals surface area contributed by atoms with Crippen LogP contribution in [0, 0.1) is 0 Å². The van der Waals surface area contributed by atoms with Crippen molar-refractivity contribution in [2.75, 3.05) is 0 Å². The van der Waals surface area contributed by atoms with Crippen molar-refractivity contribution in [3.8, 4) is 0 Å². The smallest absolute Gasteiger partial charge is 0.0801 e. The Hall–Kier alpha value is -0.380. The van der Waals surface area contributed by atoms with Crippen molar-refractivity contribution in [3.05, 3.63) is 21.4 Å². The van der Waals surface area contributed by atoms with E-state index in [-0.39, 0.29) is 12.1 Å². The van der Waals surface area contributed by atoms with Crippen LogP contribution in [0.4, 0.5) is 0 Å². The molecule has 0 aliphatic heterocycles. The highest BCUT2D eigenvalue weighted by molar-refractivity contribution is 7.12. The van der Waals surface area contributed by atoms with Crippen LogP contribution in [0.1, 0.15) is 60.1 Å². The van der Waals surface area contributed by atoms with Crippen LogP contribution in [0.25, 0.3) is 0 Å². The maximum atomic E-state index is 9.85. The van der Waals surface area contributed by atoms with Crippen LogP contribution in [-0.4, -0.2) is 5.11 Å². The molecule has 15 heavy (non-hydrogen) atoms. The molecule has 0 radical (unpaired) electrons. The molecular formula is C12H19NOS. The zero-order valence-electron chi connectivity index (χ0n) is 9.20. The summed E-state index contributed by atoms with van der Waals surface area (Å²) in [6, 6.07) is 2.29. The fourth-order valence-corrected chi connectivity index (χ4v) is 3.49. The molecule has 2 atom stereocenters. The molecule has 2 nitrogen and oxygen atoms in total. The molecule has 2 unspecified atom stereocenters. The number of hydrogen-bond donors (Lipinski definition) is 2. The van der Waals surface area contributed by atoms with Crippen molar-refractivity contribution in [1.29, 1.82) is 0 Å². The van der Waals surface area contributed by atoms with E-state index in [1.165, 1.54) is 9.75 Å². The van der Waals surface area contributed by atoms with E-state index in [4.69, 9.17) is 5.73 Å². The SMILES string of the molecule is CCCC(N)c1cc2c(s1)CCCC2O. The molecule has 2 rings (SSSR count). The van der Waals surface area contributed by atoms with Gasteiger partial charge in [0.25, 0.3) is 0 Å². The summed E-state index contributed by atoms with van der Waals surface area (Å²) in [6.45, 7) is 2.15. The van der Waals surface area contributed by atoms with Gasteiger partial charge in [0.1, 0.15) is 0 Å². The first-order valence-corrected chi connectivity index (χ1v) is 6.60. The molecule has 1 aliphatic carbocycles. The van der Waals surface area contributed by atoms with Crippen LogP contribution in [-0.2, 0) is 6.42 Å². The molecule has 0 bridgehead atoms. The molecule has 1 aromatic heterocycles. The van der Waals surface area contributed by atoms with Gasteiger partial charge < -0.3 is 10.8 Å². The number of rotatable bonds is 3. The maximum Gasteiger partial charge on any atom is 0.0801 e. The van der Waals surface area contributed by atoms with Gasteiger partial charge in [0.15, 0.2) is 0 Å². The van der Waals surface area contributed by atoms with Gasteiger partial charge in [-0.1, -0.05) is 13.3 Å². The fraction of sp³-hybridized carbons (Fsp3) is 0.667. The quantitative estimate of drug-likeness (QED) is 0.831. The molecule has 0 aromatic carbocycles. The van der Waals surface area contributed by atoms with Gasteiger partial charge in [0.05, 0.1) is 6.10 Å². The number of thiophene rings is 1. The van der Waals surface area contributed by atoms with Gasteiger partial charge in [-0.05, 0) is 37.3 Å². The molecule has 1 aliphatic rings. The van der Waals surface area contributed by atoms with Crippen molar-refractivity contribution >= 4 is 11.3 Å². The van der Waals surface area contributed by atoms with Gasteiger partial charge >= 0.3 is 0 Å². The molecule has 1 aromatic rings. The van der Waals surface area contributed by atoms with E-state index in [0.717, 1.165) is 37.7 Å². The number of aryl methyl sites for hydroxylation is 1. The second-order valence-corrected chi connectivity index (χ2v) is 5.50. The molecular weight excluding hydrogens is 206 g/mol. The Labute approximate surface area is 95.1 Å². The highest BCUT2D eigenvalue weighted by Gasteiger charge is 2.22. The van der Waals surface area contributed by atoms with Crippen molar-refractivity contribution < 1.29 is 5.11 Å². The van der Waals surface area contributed by atoms with Gasteiger partial charge in [0.2, 0.25) is 0 Å². The molecule has 84 valence electrons. The Bertz CT molecular complexity index is 334. The summed E-state index contributed by atoms with van der Waals surface area (Å²) in [6.07, 6.45) is 5.05. The van der Waals surface area contributed by atoms with Crippen LogP contribution < -0.4 is 5.73 Å². The minimum Gasteiger partial charge on any atom is -0.388 e. The standard InChI is InChI=1S/C12H19NOS/c1-2-4-9(13)12-7-8-10(14)5-3-6-11(8)15-12/h7,9-10,14H,2-6,13H2,1H3. The third-order valence-electron chi connectivity index (χ3n) is 3.07. The predicted octanol–water partition coefficient (Wildman–Crippen LogP) is 2.92. The molecule has 0 spiro atoms. The third kappa shape index (κ3) is 2.25. The molecule has 0 amide bonds. The maximum absolute atomic E-state index is 9.85. The Morgan fingerprint density at radius 2 is 2.47 bits per heavy atom. The first-order chi connectivity index (χ1) is 7.22. The number of aliphatic hydroxyl groups is 1. The van der Waals surface area contributed by atoms with E-state index in [0.29, 0.717) is 0 Å². The molecule has 3 N–H and O–H groups in total. The van der Waals surface area contributed by atoms with Gasteiger partial charge in [-0.25, -0.2) is 0 Å². The molecule has 0 saturated carbocycles. The second kappa shape index (κ2) is 4.64. The lowest BCUT2D eigenvalue weighted by atomic mass is 9.95. The third-order valence-corrected chi connectivity index (χ3v) is 4.41. The zero-order chi connectivity index (χ0) is 10.8. The number of nitrogens with two attached hydrogens (primary N) is 1. The van der Waals surface area contributed by atoms with Crippen LogP contribution in [0.3, 0.4) is 0 Å². The largest absolute Gasteiger partial charge is 0.388 e. The van der Waals surface area contributed by atoms with Gasteiger partial charge in [-0.15, -0.1) is 11.3 Å². The molecule has 0 saturated heterocycles. The predicted molar refractivity (Wildman–Crippen MR) is 64.1 cm³/mol. The van der Waals surface area contributed by atoms with Crippen molar-refractivity contribution in [3.63, 3.8) is 0 Å². The Kier molecular flexibility index (Phi) is 3.44. The minimum absolute atomic E-state index is 0.165. The summed E-state index contributed by atoms with van der Waals surface area (Å²) in [5.74, 6) is 0. The molecule has 1 heterocycles. The summed E-state index contributed by atoms with van der Waals surface area (Å²) >= 11 is 1.80. The Morgan fingerprint density at radius 3 is 3.13 bits per heavy atom. The number of hydrogen-bond acceptors (Lipinski definition) is 3. The lowest BCUT2D eigenvalue weighted by Crippen LogP contribution is -2.07. The fourth-order valence-electron chi connectivity index (χ4n) is 2.19. The van der Waals surface area contributed by atoms with Crippen molar-refractivity contribution in [2.45, 2.75) is 51.2 Å². The minimum atomic E-state index is -0.243. The topological polar surface area (TPSA) is 46.2 Å². The lowest BCUT2D eigenvalue weighted by molar-refractivity contribution is 0.157. The number of fused-ring (bicyclic) bond motifs is 1. The van der Waals surface area contributed by atoms with Gasteiger partial charge in [-0.2, -0.15) is 0 Å². The summed E-state index contributed by atoms with van der Waals surface area (Å²) in [5.41, 5.74) is 7.24. The van der Waals surface area contributed by atoms with Crippen LogP contribution in [0.2, 0.25) is 0 Å². The number of aliphatic hydroxyl groups excluding tert-OH is 1. The van der Waals surface area contributed by atoms with Crippen LogP contribution in [0.5, 0.6) is 0 Å². The summed E-state index contributed by atoms with van der Waals surface area (Å²) < 4.78 is 0. The van der Waals surface area contributed by atoms with E-state index >= 15 is 0 Å². The summed E-state index contributed by atoms with van der Waals surface area (Å²) in [5, 5.41) is 9.85. The van der Waals surface area contributed by atoms with E-state index in [1.54, 1.807) is 11.3 Å². The van der Waals surface area contributed by atoms with Crippen molar-refractivity contribution in [1.82, 2.24) is 0 Å².